The lowest BCUT2D eigenvalue weighted by Gasteiger charge is -2.15. The molecule has 0 bridgehead atoms. The van der Waals surface area contributed by atoms with E-state index >= 15 is 0 Å². The Morgan fingerprint density at radius 1 is 1.56 bits per heavy atom. The molecule has 1 aliphatic heterocycles. The van der Waals surface area contributed by atoms with Gasteiger partial charge in [0.05, 0.1) is 12.8 Å². The van der Waals surface area contributed by atoms with Crippen LogP contribution in [0.15, 0.2) is 28.3 Å². The predicted molar refractivity (Wildman–Crippen MR) is 73.1 cm³/mol. The summed E-state index contributed by atoms with van der Waals surface area (Å²) in [6, 6.07) is 4.83. The molecule has 96 valence electrons. The highest BCUT2D eigenvalue weighted by atomic mass is 32.2. The smallest absolute Gasteiger partial charge is 0.177 e. The molecule has 0 amide bonds. The highest BCUT2D eigenvalue weighted by molar-refractivity contribution is 8.14. The largest absolute Gasteiger partial charge is 0.494 e. The van der Waals surface area contributed by atoms with Gasteiger partial charge in [0.2, 0.25) is 0 Å². The van der Waals surface area contributed by atoms with E-state index < -0.39 is 0 Å². The Bertz CT molecular complexity index is 502. The number of ether oxygens (including phenoxy) is 1. The van der Waals surface area contributed by atoms with Crippen molar-refractivity contribution in [1.82, 2.24) is 5.43 Å². The van der Waals surface area contributed by atoms with Gasteiger partial charge in [-0.3, -0.25) is 10.4 Å². The Morgan fingerprint density at radius 3 is 2.94 bits per heavy atom. The zero-order valence-corrected chi connectivity index (χ0v) is 11.1. The molecule has 0 spiro atoms. The van der Waals surface area contributed by atoms with E-state index in [1.165, 1.54) is 13.2 Å². The second-order valence-corrected chi connectivity index (χ2v) is 4.55. The summed E-state index contributed by atoms with van der Waals surface area (Å²) < 4.78 is 18.5. The molecule has 1 N–H and O–H groups in total. The molecule has 0 fully saturated rings. The van der Waals surface area contributed by atoms with Gasteiger partial charge in [-0.15, -0.1) is 0 Å². The monoisotopic (exact) mass is 267 g/mol. The number of hydrazone groups is 1. The first-order valence-electron chi connectivity index (χ1n) is 5.58. The number of nitrogens with zero attached hydrogens (tertiary/aromatic N) is 2. The molecule has 0 aromatic heterocycles. The van der Waals surface area contributed by atoms with Crippen LogP contribution in [0, 0.1) is 5.82 Å². The van der Waals surface area contributed by atoms with Crippen LogP contribution in [0.2, 0.25) is 0 Å². The molecule has 4 nitrogen and oxygen atoms in total. The van der Waals surface area contributed by atoms with Gasteiger partial charge in [0, 0.05) is 17.9 Å². The van der Waals surface area contributed by atoms with Crippen molar-refractivity contribution < 1.29 is 9.13 Å². The molecular weight excluding hydrogens is 253 g/mol. The van der Waals surface area contributed by atoms with Gasteiger partial charge in [-0.05, 0) is 25.1 Å². The van der Waals surface area contributed by atoms with E-state index in [1.807, 2.05) is 6.92 Å². The van der Waals surface area contributed by atoms with Crippen molar-refractivity contribution in [2.75, 3.05) is 19.4 Å². The number of amidine groups is 1. The number of rotatable bonds is 3. The third-order valence-corrected chi connectivity index (χ3v) is 3.33. The number of thioether (sulfide) groups is 1. The van der Waals surface area contributed by atoms with Crippen molar-refractivity contribution in [3.05, 3.63) is 29.6 Å². The number of benzene rings is 1. The molecule has 1 aromatic rings. The maximum atomic E-state index is 13.6. The lowest BCUT2D eigenvalue weighted by Crippen LogP contribution is -2.25. The summed E-state index contributed by atoms with van der Waals surface area (Å²) in [5.41, 5.74) is 4.42. The Labute approximate surface area is 109 Å². The molecule has 0 saturated heterocycles. The minimum atomic E-state index is -0.379. The second kappa shape index (κ2) is 5.86. The summed E-state index contributed by atoms with van der Waals surface area (Å²) in [5, 5.41) is 5.01. The summed E-state index contributed by atoms with van der Waals surface area (Å²) in [4.78, 5) is 4.22. The van der Waals surface area contributed by atoms with Crippen LogP contribution in [0.3, 0.4) is 0 Å². The van der Waals surface area contributed by atoms with E-state index in [-0.39, 0.29) is 11.6 Å². The van der Waals surface area contributed by atoms with E-state index in [9.17, 15) is 4.39 Å². The van der Waals surface area contributed by atoms with Crippen molar-refractivity contribution >= 4 is 22.6 Å². The first-order valence-corrected chi connectivity index (χ1v) is 6.57. The van der Waals surface area contributed by atoms with Crippen LogP contribution < -0.4 is 10.2 Å². The SMILES string of the molecule is CCN=C1NN=C(c2ccc(OC)c(F)c2)CS1. The first-order chi connectivity index (χ1) is 8.74. The van der Waals surface area contributed by atoms with Crippen LogP contribution in [0.25, 0.3) is 0 Å². The third kappa shape index (κ3) is 2.81. The molecule has 1 aliphatic rings. The molecular formula is C12H14FN3OS. The fraction of sp³-hybridized carbons (Fsp3) is 0.333. The number of methoxy groups -OCH3 is 1. The first kappa shape index (κ1) is 12.9. The highest BCUT2D eigenvalue weighted by Crippen LogP contribution is 2.20. The Balaban J connectivity index is 2.18. The molecule has 1 aromatic carbocycles. The van der Waals surface area contributed by atoms with Gasteiger partial charge in [0.1, 0.15) is 0 Å². The lowest BCUT2D eigenvalue weighted by molar-refractivity contribution is 0.386. The summed E-state index contributed by atoms with van der Waals surface area (Å²) >= 11 is 1.56. The van der Waals surface area contributed by atoms with Gasteiger partial charge >= 0.3 is 0 Å². The minimum Gasteiger partial charge on any atom is -0.494 e. The fourth-order valence-electron chi connectivity index (χ4n) is 1.53. The van der Waals surface area contributed by atoms with Gasteiger partial charge in [0.15, 0.2) is 16.7 Å². The predicted octanol–water partition coefficient (Wildman–Crippen LogP) is 2.25. The Kier molecular flexibility index (Phi) is 4.19. The average molecular weight is 267 g/mol. The van der Waals surface area contributed by atoms with Gasteiger partial charge in [-0.1, -0.05) is 11.8 Å². The number of aliphatic imine (C=N–C) groups is 1. The molecule has 0 unspecified atom stereocenters. The number of hydrogen-bond acceptors (Lipinski definition) is 4. The molecule has 18 heavy (non-hydrogen) atoms. The van der Waals surface area contributed by atoms with Crippen molar-refractivity contribution in [2.24, 2.45) is 10.1 Å². The zero-order chi connectivity index (χ0) is 13.0. The summed E-state index contributed by atoms with van der Waals surface area (Å²) in [7, 11) is 1.45. The van der Waals surface area contributed by atoms with Crippen molar-refractivity contribution in [1.29, 1.82) is 0 Å². The number of halogens is 1. The Hall–Kier alpha value is -1.56. The van der Waals surface area contributed by atoms with E-state index in [0.717, 1.165) is 23.0 Å². The Morgan fingerprint density at radius 2 is 2.39 bits per heavy atom. The average Bonchev–Trinajstić information content (AvgIpc) is 2.40. The van der Waals surface area contributed by atoms with E-state index in [0.29, 0.717) is 5.75 Å². The van der Waals surface area contributed by atoms with Crippen LogP contribution in [0.1, 0.15) is 12.5 Å². The van der Waals surface area contributed by atoms with Crippen LogP contribution in [-0.2, 0) is 0 Å². The maximum absolute atomic E-state index is 13.6. The van der Waals surface area contributed by atoms with Gasteiger partial charge < -0.3 is 4.74 Å². The quantitative estimate of drug-likeness (QED) is 0.913. The van der Waals surface area contributed by atoms with E-state index in [1.54, 1.807) is 23.9 Å². The van der Waals surface area contributed by atoms with Crippen LogP contribution in [-0.4, -0.2) is 30.3 Å². The highest BCUT2D eigenvalue weighted by Gasteiger charge is 2.14. The summed E-state index contributed by atoms with van der Waals surface area (Å²) in [6.45, 7) is 2.69. The molecule has 0 saturated carbocycles. The molecule has 0 atom stereocenters. The summed E-state index contributed by atoms with van der Waals surface area (Å²) in [5.74, 6) is 0.539. The van der Waals surface area contributed by atoms with Crippen LogP contribution in [0.5, 0.6) is 5.75 Å². The maximum Gasteiger partial charge on any atom is 0.177 e. The standard InChI is InChI=1S/C12H14FN3OS/c1-3-14-12-16-15-10(7-18-12)8-4-5-11(17-2)9(13)6-8/h4-6H,3,7H2,1-2H3,(H,14,16). The van der Waals surface area contributed by atoms with Gasteiger partial charge in [0.25, 0.3) is 0 Å². The van der Waals surface area contributed by atoms with Crippen molar-refractivity contribution in [3.8, 4) is 5.75 Å². The molecule has 1 heterocycles. The summed E-state index contributed by atoms with van der Waals surface area (Å²) in [6.07, 6.45) is 0. The van der Waals surface area contributed by atoms with E-state index in [4.69, 9.17) is 4.74 Å². The van der Waals surface area contributed by atoms with Crippen LogP contribution >= 0.6 is 11.8 Å². The second-order valence-electron chi connectivity index (χ2n) is 3.59. The fourth-order valence-corrected chi connectivity index (χ4v) is 2.37. The third-order valence-electron chi connectivity index (χ3n) is 2.42. The number of hydrogen-bond donors (Lipinski definition) is 1. The zero-order valence-electron chi connectivity index (χ0n) is 10.2. The van der Waals surface area contributed by atoms with Gasteiger partial charge in [-0.2, -0.15) is 5.10 Å². The van der Waals surface area contributed by atoms with Gasteiger partial charge in [-0.25, -0.2) is 4.39 Å². The lowest BCUT2D eigenvalue weighted by atomic mass is 10.1. The minimum absolute atomic E-state index is 0.240. The van der Waals surface area contributed by atoms with Crippen molar-refractivity contribution in [2.45, 2.75) is 6.92 Å². The molecule has 0 aliphatic carbocycles. The normalized spacial score (nSPS) is 17.3. The topological polar surface area (TPSA) is 46.0 Å². The van der Waals surface area contributed by atoms with Crippen molar-refractivity contribution in [3.63, 3.8) is 0 Å². The van der Waals surface area contributed by atoms with E-state index in [2.05, 4.69) is 15.5 Å². The molecule has 6 heteroatoms. The van der Waals surface area contributed by atoms with Crippen LogP contribution in [0.4, 0.5) is 4.39 Å². The molecule has 0 radical (unpaired) electrons. The number of nitrogens with one attached hydrogen (secondary N) is 1. The molecule has 2 rings (SSSR count).